The molecule has 0 spiro atoms. The summed E-state index contributed by atoms with van der Waals surface area (Å²) in [5.74, 6) is 0. The van der Waals surface area contributed by atoms with Crippen molar-refractivity contribution >= 4 is 0 Å². The van der Waals surface area contributed by atoms with E-state index in [1.807, 2.05) is 0 Å². The number of rotatable bonds is 3. The normalized spacial score (nSPS) is 22.2. The molecule has 0 saturated carbocycles. The predicted molar refractivity (Wildman–Crippen MR) is 66.7 cm³/mol. The number of piperidine rings is 1. The van der Waals surface area contributed by atoms with E-state index in [4.69, 9.17) is 0 Å². The van der Waals surface area contributed by atoms with Crippen molar-refractivity contribution in [3.05, 3.63) is 35.4 Å². The summed E-state index contributed by atoms with van der Waals surface area (Å²) in [6.07, 6.45) is -1.56. The maximum absolute atomic E-state index is 12.6. The van der Waals surface area contributed by atoms with Gasteiger partial charge in [-0.3, -0.25) is 0 Å². The highest BCUT2D eigenvalue weighted by Crippen LogP contribution is 2.31. The van der Waals surface area contributed by atoms with Gasteiger partial charge < -0.3 is 10.4 Å². The highest BCUT2D eigenvalue weighted by Gasteiger charge is 2.31. The highest BCUT2D eigenvalue weighted by atomic mass is 19.4. The van der Waals surface area contributed by atoms with Crippen molar-refractivity contribution in [2.24, 2.45) is 0 Å². The Morgan fingerprint density at radius 2 is 2.11 bits per heavy atom. The van der Waals surface area contributed by atoms with Crippen LogP contribution in [0.2, 0.25) is 0 Å². The van der Waals surface area contributed by atoms with Crippen LogP contribution in [0.4, 0.5) is 13.2 Å². The lowest BCUT2D eigenvalue weighted by Crippen LogP contribution is -2.35. The first kappa shape index (κ1) is 14.3. The molecule has 1 aromatic carbocycles. The molecule has 1 aliphatic rings. The Balaban J connectivity index is 2.04. The third kappa shape index (κ3) is 3.94. The number of hydrogen-bond acceptors (Lipinski definition) is 2. The van der Waals surface area contributed by atoms with Gasteiger partial charge in [-0.25, -0.2) is 0 Å². The quantitative estimate of drug-likeness (QED) is 0.886. The molecule has 2 nitrogen and oxygen atoms in total. The molecule has 2 N–H and O–H groups in total. The largest absolute Gasteiger partial charge is 0.416 e. The summed E-state index contributed by atoms with van der Waals surface area (Å²) in [5.41, 5.74) is -0.372. The molecule has 0 amide bonds. The summed E-state index contributed by atoms with van der Waals surface area (Å²) in [5, 5.41) is 13.3. The molecule has 1 heterocycles. The van der Waals surface area contributed by atoms with E-state index >= 15 is 0 Å². The second-order valence-corrected chi connectivity index (χ2v) is 5.02. The zero-order valence-electron chi connectivity index (χ0n) is 10.6. The van der Waals surface area contributed by atoms with E-state index in [9.17, 15) is 18.3 Å². The number of benzene rings is 1. The van der Waals surface area contributed by atoms with Gasteiger partial charge in [0.05, 0.1) is 11.7 Å². The molecule has 0 aromatic heterocycles. The maximum Gasteiger partial charge on any atom is 0.416 e. The van der Waals surface area contributed by atoms with Crippen LogP contribution in [0, 0.1) is 0 Å². The fourth-order valence-corrected chi connectivity index (χ4v) is 2.45. The number of nitrogens with one attached hydrogen (secondary N) is 1. The highest BCUT2D eigenvalue weighted by molar-refractivity contribution is 5.27. The number of aliphatic hydroxyl groups is 1. The zero-order valence-corrected chi connectivity index (χ0v) is 10.6. The van der Waals surface area contributed by atoms with Crippen molar-refractivity contribution in [1.82, 2.24) is 5.32 Å². The van der Waals surface area contributed by atoms with Gasteiger partial charge >= 0.3 is 6.18 Å². The lowest BCUT2D eigenvalue weighted by molar-refractivity contribution is -0.137. The fraction of sp³-hybridized carbons (Fsp3) is 0.571. The monoisotopic (exact) mass is 273 g/mol. The van der Waals surface area contributed by atoms with Crippen molar-refractivity contribution in [2.45, 2.75) is 44.0 Å². The molecule has 0 bridgehead atoms. The molecule has 19 heavy (non-hydrogen) atoms. The number of hydrogen-bond donors (Lipinski definition) is 2. The summed E-state index contributed by atoms with van der Waals surface area (Å²) in [4.78, 5) is 0. The van der Waals surface area contributed by atoms with Crippen molar-refractivity contribution in [1.29, 1.82) is 0 Å². The molecule has 1 aliphatic heterocycles. The van der Waals surface area contributed by atoms with Gasteiger partial charge in [0.1, 0.15) is 0 Å². The van der Waals surface area contributed by atoms with E-state index in [1.54, 1.807) is 6.07 Å². The fourth-order valence-electron chi connectivity index (χ4n) is 2.45. The van der Waals surface area contributed by atoms with E-state index < -0.39 is 17.8 Å². The Kier molecular flexibility index (Phi) is 4.47. The Bertz CT molecular complexity index is 413. The van der Waals surface area contributed by atoms with Crippen molar-refractivity contribution in [3.8, 4) is 0 Å². The first-order valence-electron chi connectivity index (χ1n) is 6.55. The zero-order chi connectivity index (χ0) is 13.9. The number of aliphatic hydroxyl groups excluding tert-OH is 1. The SMILES string of the molecule is OC(CC1CCCCN1)c1cccc(C(F)(F)F)c1. The summed E-state index contributed by atoms with van der Waals surface area (Å²) in [7, 11) is 0. The molecular formula is C14H18F3NO. The van der Waals surface area contributed by atoms with E-state index in [0.29, 0.717) is 12.0 Å². The van der Waals surface area contributed by atoms with Crippen LogP contribution in [-0.4, -0.2) is 17.7 Å². The molecule has 1 aromatic rings. The Morgan fingerprint density at radius 1 is 1.32 bits per heavy atom. The van der Waals surface area contributed by atoms with Gasteiger partial charge in [0.25, 0.3) is 0 Å². The van der Waals surface area contributed by atoms with Gasteiger partial charge in [-0.15, -0.1) is 0 Å². The van der Waals surface area contributed by atoms with E-state index in [-0.39, 0.29) is 6.04 Å². The lowest BCUT2D eigenvalue weighted by Gasteiger charge is -2.26. The Hall–Kier alpha value is -1.07. The average molecular weight is 273 g/mol. The van der Waals surface area contributed by atoms with Gasteiger partial charge in [-0.1, -0.05) is 18.6 Å². The predicted octanol–water partition coefficient (Wildman–Crippen LogP) is 3.27. The third-order valence-corrected chi connectivity index (χ3v) is 3.52. The van der Waals surface area contributed by atoms with Crippen LogP contribution >= 0.6 is 0 Å². The minimum atomic E-state index is -4.36. The van der Waals surface area contributed by atoms with Crippen LogP contribution in [0.15, 0.2) is 24.3 Å². The second-order valence-electron chi connectivity index (χ2n) is 5.02. The van der Waals surface area contributed by atoms with E-state index in [0.717, 1.165) is 37.9 Å². The molecule has 2 atom stereocenters. The van der Waals surface area contributed by atoms with Crippen molar-refractivity contribution in [3.63, 3.8) is 0 Å². The van der Waals surface area contributed by atoms with Crippen LogP contribution in [0.25, 0.3) is 0 Å². The number of alkyl halides is 3. The summed E-state index contributed by atoms with van der Waals surface area (Å²) in [6, 6.07) is 5.14. The van der Waals surface area contributed by atoms with Crippen molar-refractivity contribution in [2.75, 3.05) is 6.54 Å². The van der Waals surface area contributed by atoms with Gasteiger partial charge in [0.2, 0.25) is 0 Å². The minimum Gasteiger partial charge on any atom is -0.388 e. The van der Waals surface area contributed by atoms with Crippen LogP contribution < -0.4 is 5.32 Å². The Morgan fingerprint density at radius 3 is 2.74 bits per heavy atom. The molecule has 0 radical (unpaired) electrons. The smallest absolute Gasteiger partial charge is 0.388 e. The van der Waals surface area contributed by atoms with Crippen LogP contribution in [-0.2, 0) is 6.18 Å². The van der Waals surface area contributed by atoms with Gasteiger partial charge in [0.15, 0.2) is 0 Å². The van der Waals surface area contributed by atoms with Gasteiger partial charge in [0, 0.05) is 6.04 Å². The Labute approximate surface area is 110 Å². The summed E-state index contributed by atoms with van der Waals surface area (Å²) in [6.45, 7) is 0.917. The minimum absolute atomic E-state index is 0.193. The maximum atomic E-state index is 12.6. The summed E-state index contributed by atoms with van der Waals surface area (Å²) < 4.78 is 37.8. The first-order chi connectivity index (χ1) is 8.97. The molecule has 0 aliphatic carbocycles. The lowest BCUT2D eigenvalue weighted by atomic mass is 9.95. The first-order valence-corrected chi connectivity index (χ1v) is 6.55. The van der Waals surface area contributed by atoms with Gasteiger partial charge in [-0.2, -0.15) is 13.2 Å². The van der Waals surface area contributed by atoms with E-state index in [1.165, 1.54) is 6.07 Å². The average Bonchev–Trinajstić information content (AvgIpc) is 2.39. The van der Waals surface area contributed by atoms with Gasteiger partial charge in [-0.05, 0) is 43.5 Å². The molecule has 106 valence electrons. The van der Waals surface area contributed by atoms with E-state index in [2.05, 4.69) is 5.32 Å². The third-order valence-electron chi connectivity index (χ3n) is 3.52. The molecule has 2 rings (SSSR count). The summed E-state index contributed by atoms with van der Waals surface area (Å²) >= 11 is 0. The molecular weight excluding hydrogens is 255 g/mol. The van der Waals surface area contributed by atoms with Crippen LogP contribution in [0.1, 0.15) is 42.9 Å². The second kappa shape index (κ2) is 5.92. The van der Waals surface area contributed by atoms with Crippen molar-refractivity contribution < 1.29 is 18.3 Å². The molecule has 1 fully saturated rings. The van der Waals surface area contributed by atoms with Crippen LogP contribution in [0.5, 0.6) is 0 Å². The molecule has 5 heteroatoms. The standard InChI is InChI=1S/C14H18F3NO/c15-14(16,17)11-5-3-4-10(8-11)13(19)9-12-6-1-2-7-18-12/h3-5,8,12-13,18-19H,1-2,6-7,9H2. The number of halogens is 3. The molecule has 2 unspecified atom stereocenters. The topological polar surface area (TPSA) is 32.3 Å². The molecule has 1 saturated heterocycles. The van der Waals surface area contributed by atoms with Crippen LogP contribution in [0.3, 0.4) is 0 Å².